The maximum absolute atomic E-state index is 11.3. The summed E-state index contributed by atoms with van der Waals surface area (Å²) in [5, 5.41) is 3.15. The molecule has 0 aliphatic carbocycles. The monoisotopic (exact) mass is 315 g/mol. The zero-order valence-corrected chi connectivity index (χ0v) is 14.0. The summed E-state index contributed by atoms with van der Waals surface area (Å²) in [6.45, 7) is 4.97. The van der Waals surface area contributed by atoms with Crippen LogP contribution in [-0.2, 0) is 9.84 Å². The molecule has 1 rings (SSSR count). The number of benzene rings is 1. The van der Waals surface area contributed by atoms with Crippen molar-refractivity contribution in [1.29, 1.82) is 0 Å². The van der Waals surface area contributed by atoms with E-state index in [0.717, 1.165) is 5.56 Å². The SMILES string of the molecule is CCOc1ccc(C(CCS(C)(=O)=O)NC)cc1OCC. The third-order valence-electron chi connectivity index (χ3n) is 3.10. The van der Waals surface area contributed by atoms with E-state index >= 15 is 0 Å². The van der Waals surface area contributed by atoms with Crippen LogP contribution in [0, 0.1) is 0 Å². The fraction of sp³-hybridized carbons (Fsp3) is 0.600. The first-order chi connectivity index (χ1) is 9.91. The highest BCUT2D eigenvalue weighted by atomic mass is 32.2. The van der Waals surface area contributed by atoms with E-state index in [0.29, 0.717) is 31.1 Å². The summed E-state index contributed by atoms with van der Waals surface area (Å²) in [4.78, 5) is 0. The Balaban J connectivity index is 2.96. The molecule has 0 aromatic heterocycles. The van der Waals surface area contributed by atoms with E-state index in [9.17, 15) is 8.42 Å². The molecule has 5 nitrogen and oxygen atoms in total. The van der Waals surface area contributed by atoms with Crippen molar-refractivity contribution in [3.8, 4) is 11.5 Å². The van der Waals surface area contributed by atoms with E-state index in [1.807, 2.05) is 39.1 Å². The maximum Gasteiger partial charge on any atom is 0.161 e. The highest BCUT2D eigenvalue weighted by Crippen LogP contribution is 2.31. The van der Waals surface area contributed by atoms with Gasteiger partial charge in [0.15, 0.2) is 11.5 Å². The van der Waals surface area contributed by atoms with E-state index in [1.165, 1.54) is 6.26 Å². The molecule has 0 radical (unpaired) electrons. The molecule has 120 valence electrons. The van der Waals surface area contributed by atoms with E-state index in [2.05, 4.69) is 5.32 Å². The fourth-order valence-electron chi connectivity index (χ4n) is 2.09. The molecule has 0 saturated heterocycles. The molecule has 1 aromatic carbocycles. The second-order valence-corrected chi connectivity index (χ2v) is 7.09. The van der Waals surface area contributed by atoms with Crippen molar-refractivity contribution < 1.29 is 17.9 Å². The normalized spacial score (nSPS) is 13.0. The average Bonchev–Trinajstić information content (AvgIpc) is 2.41. The largest absolute Gasteiger partial charge is 0.490 e. The lowest BCUT2D eigenvalue weighted by Crippen LogP contribution is -2.20. The van der Waals surface area contributed by atoms with E-state index in [4.69, 9.17) is 9.47 Å². The first-order valence-corrected chi connectivity index (χ1v) is 9.21. The van der Waals surface area contributed by atoms with Gasteiger partial charge in [-0.25, -0.2) is 8.42 Å². The van der Waals surface area contributed by atoms with Crippen LogP contribution < -0.4 is 14.8 Å². The third-order valence-corrected chi connectivity index (χ3v) is 4.07. The Labute approximate surface area is 127 Å². The zero-order valence-electron chi connectivity index (χ0n) is 13.2. The predicted molar refractivity (Wildman–Crippen MR) is 84.9 cm³/mol. The van der Waals surface area contributed by atoms with Gasteiger partial charge in [0, 0.05) is 12.3 Å². The molecule has 1 atom stereocenters. The molecule has 0 aliphatic heterocycles. The van der Waals surface area contributed by atoms with Crippen molar-refractivity contribution in [1.82, 2.24) is 5.32 Å². The molecule has 1 N–H and O–H groups in total. The molecule has 1 unspecified atom stereocenters. The van der Waals surface area contributed by atoms with Crippen LogP contribution >= 0.6 is 0 Å². The van der Waals surface area contributed by atoms with Gasteiger partial charge in [0.2, 0.25) is 0 Å². The second-order valence-electron chi connectivity index (χ2n) is 4.83. The quantitative estimate of drug-likeness (QED) is 0.756. The lowest BCUT2D eigenvalue weighted by Gasteiger charge is -2.19. The Bertz CT molecular complexity index is 543. The van der Waals surface area contributed by atoms with Crippen LogP contribution in [0.15, 0.2) is 18.2 Å². The Hall–Kier alpha value is -1.27. The minimum Gasteiger partial charge on any atom is -0.490 e. The van der Waals surface area contributed by atoms with Gasteiger partial charge in [-0.15, -0.1) is 0 Å². The molecule has 0 saturated carbocycles. The molecule has 6 heteroatoms. The van der Waals surface area contributed by atoms with Gasteiger partial charge in [-0.2, -0.15) is 0 Å². The summed E-state index contributed by atoms with van der Waals surface area (Å²) in [5.41, 5.74) is 0.994. The smallest absolute Gasteiger partial charge is 0.161 e. The molecule has 0 fully saturated rings. The lowest BCUT2D eigenvalue weighted by atomic mass is 10.0. The molecule has 21 heavy (non-hydrogen) atoms. The van der Waals surface area contributed by atoms with Crippen LogP contribution in [0.4, 0.5) is 0 Å². The van der Waals surface area contributed by atoms with Gasteiger partial charge in [-0.1, -0.05) is 6.07 Å². The van der Waals surface area contributed by atoms with Crippen LogP contribution in [0.3, 0.4) is 0 Å². The van der Waals surface area contributed by atoms with Crippen molar-refractivity contribution in [2.45, 2.75) is 26.3 Å². The molecule has 0 aliphatic rings. The van der Waals surface area contributed by atoms with Gasteiger partial charge >= 0.3 is 0 Å². The van der Waals surface area contributed by atoms with Gasteiger partial charge in [0.05, 0.1) is 19.0 Å². The Morgan fingerprint density at radius 1 is 1.14 bits per heavy atom. The van der Waals surface area contributed by atoms with Gasteiger partial charge in [0.1, 0.15) is 9.84 Å². The van der Waals surface area contributed by atoms with Crippen molar-refractivity contribution >= 4 is 9.84 Å². The van der Waals surface area contributed by atoms with Crippen molar-refractivity contribution in [2.75, 3.05) is 32.3 Å². The van der Waals surface area contributed by atoms with Crippen LogP contribution in [0.1, 0.15) is 31.9 Å². The van der Waals surface area contributed by atoms with Gasteiger partial charge < -0.3 is 14.8 Å². The summed E-state index contributed by atoms with van der Waals surface area (Å²) in [5.74, 6) is 1.55. The average molecular weight is 315 g/mol. The molecule has 0 spiro atoms. The minimum absolute atomic E-state index is 0.0328. The number of hydrogen-bond acceptors (Lipinski definition) is 5. The zero-order chi connectivity index (χ0) is 15.9. The minimum atomic E-state index is -2.97. The second kappa shape index (κ2) is 8.24. The highest BCUT2D eigenvalue weighted by Gasteiger charge is 2.15. The molecule has 1 aromatic rings. The van der Waals surface area contributed by atoms with Crippen LogP contribution in [0.5, 0.6) is 11.5 Å². The van der Waals surface area contributed by atoms with Crippen molar-refractivity contribution in [3.63, 3.8) is 0 Å². The Kier molecular flexibility index (Phi) is 6.98. The van der Waals surface area contributed by atoms with Crippen LogP contribution in [0.2, 0.25) is 0 Å². The highest BCUT2D eigenvalue weighted by molar-refractivity contribution is 7.90. The third kappa shape index (κ3) is 5.93. The number of ether oxygens (including phenoxy) is 2. The fourth-order valence-corrected chi connectivity index (χ4v) is 2.76. The van der Waals surface area contributed by atoms with E-state index in [-0.39, 0.29) is 11.8 Å². The summed E-state index contributed by atoms with van der Waals surface area (Å²) in [6, 6.07) is 5.69. The molecular formula is C15H25NO4S. The van der Waals surface area contributed by atoms with E-state index in [1.54, 1.807) is 0 Å². The maximum atomic E-state index is 11.3. The molecule has 0 amide bonds. The predicted octanol–water partition coefficient (Wildman–Crippen LogP) is 2.18. The molecule has 0 bridgehead atoms. The summed E-state index contributed by atoms with van der Waals surface area (Å²) >= 11 is 0. The van der Waals surface area contributed by atoms with Crippen molar-refractivity contribution in [3.05, 3.63) is 23.8 Å². The number of nitrogens with one attached hydrogen (secondary N) is 1. The number of rotatable bonds is 9. The molecular weight excluding hydrogens is 290 g/mol. The Morgan fingerprint density at radius 3 is 2.29 bits per heavy atom. The van der Waals surface area contributed by atoms with Crippen LogP contribution in [0.25, 0.3) is 0 Å². The van der Waals surface area contributed by atoms with Gasteiger partial charge in [-0.05, 0) is 45.0 Å². The number of sulfone groups is 1. The standard InChI is InChI=1S/C15H25NO4S/c1-5-19-14-8-7-12(11-15(14)20-6-2)13(16-3)9-10-21(4,17)18/h7-8,11,13,16H,5-6,9-10H2,1-4H3. The van der Waals surface area contributed by atoms with E-state index < -0.39 is 9.84 Å². The van der Waals surface area contributed by atoms with Crippen LogP contribution in [-0.4, -0.2) is 40.7 Å². The number of hydrogen-bond donors (Lipinski definition) is 1. The lowest BCUT2D eigenvalue weighted by molar-refractivity contribution is 0.287. The summed E-state index contributed by atoms with van der Waals surface area (Å²) in [7, 11) is -1.15. The first kappa shape index (κ1) is 17.8. The van der Waals surface area contributed by atoms with Crippen molar-refractivity contribution in [2.24, 2.45) is 0 Å². The van der Waals surface area contributed by atoms with Gasteiger partial charge in [0.25, 0.3) is 0 Å². The first-order valence-electron chi connectivity index (χ1n) is 7.15. The molecule has 0 heterocycles. The topological polar surface area (TPSA) is 64.6 Å². The Morgan fingerprint density at radius 2 is 1.76 bits per heavy atom. The van der Waals surface area contributed by atoms with Gasteiger partial charge in [-0.3, -0.25) is 0 Å². The summed E-state index contributed by atoms with van der Waals surface area (Å²) in [6.07, 6.45) is 1.78. The summed E-state index contributed by atoms with van der Waals surface area (Å²) < 4.78 is 33.8.